The molecule has 0 aromatic heterocycles. The number of nitrogens with two attached hydrogens (primary N) is 1. The van der Waals surface area contributed by atoms with Gasteiger partial charge in [-0.2, -0.15) is 26.3 Å². The lowest BCUT2D eigenvalue weighted by Crippen LogP contribution is -2.11. The van der Waals surface area contributed by atoms with Gasteiger partial charge in [-0.25, -0.2) is 0 Å². The van der Waals surface area contributed by atoms with Crippen molar-refractivity contribution in [2.24, 2.45) is 5.73 Å². The fourth-order valence-corrected chi connectivity index (χ4v) is 2.18. The van der Waals surface area contributed by atoms with Crippen LogP contribution < -0.4 is 15.2 Å². The van der Waals surface area contributed by atoms with E-state index < -0.39 is 29.0 Å². The predicted molar refractivity (Wildman–Crippen MR) is 94.0 cm³/mol. The summed E-state index contributed by atoms with van der Waals surface area (Å²) in [6, 6.07) is 6.39. The first-order valence-electron chi connectivity index (χ1n) is 8.05. The number of hydrogen-bond donors (Lipinski definition) is 1. The zero-order chi connectivity index (χ0) is 22.4. The minimum absolute atomic E-state index is 0.0137. The van der Waals surface area contributed by atoms with E-state index in [2.05, 4.69) is 0 Å². The Kier molecular flexibility index (Phi) is 8.07. The van der Waals surface area contributed by atoms with Gasteiger partial charge in [-0.1, -0.05) is 6.07 Å². The van der Waals surface area contributed by atoms with Crippen LogP contribution in [0.1, 0.15) is 40.0 Å². The molecule has 0 aliphatic heterocycles. The summed E-state index contributed by atoms with van der Waals surface area (Å²) in [6.07, 6.45) is -9.90. The molecule has 0 spiro atoms. The van der Waals surface area contributed by atoms with Crippen molar-refractivity contribution in [2.45, 2.75) is 25.3 Å². The molecule has 0 fully saturated rings. The Balaban J connectivity index is 0.000000296. The van der Waals surface area contributed by atoms with E-state index in [0.717, 1.165) is 17.1 Å². The molecule has 2 rings (SSSR count). The molecule has 0 saturated heterocycles. The van der Waals surface area contributed by atoms with Crippen LogP contribution >= 0.6 is 0 Å². The van der Waals surface area contributed by atoms with Crippen LogP contribution in [-0.2, 0) is 12.4 Å². The van der Waals surface area contributed by atoms with E-state index in [1.807, 2.05) is 25.1 Å². The third-order valence-electron chi connectivity index (χ3n) is 3.68. The fourth-order valence-electron chi connectivity index (χ4n) is 2.18. The molecule has 0 aliphatic carbocycles. The van der Waals surface area contributed by atoms with Crippen molar-refractivity contribution in [1.29, 1.82) is 0 Å². The average molecular weight is 423 g/mol. The molecule has 0 amide bonds. The summed E-state index contributed by atoms with van der Waals surface area (Å²) in [7, 11) is 3.23. The Hall–Kier alpha value is -2.75. The molecule has 2 aromatic rings. The molecular weight excluding hydrogens is 404 g/mol. The molecule has 0 bridgehead atoms. The molecule has 29 heavy (non-hydrogen) atoms. The van der Waals surface area contributed by atoms with Crippen molar-refractivity contribution in [3.63, 3.8) is 0 Å². The van der Waals surface area contributed by atoms with E-state index in [1.165, 1.54) is 0 Å². The lowest BCUT2D eigenvalue weighted by molar-refractivity contribution is -0.143. The highest BCUT2D eigenvalue weighted by Crippen LogP contribution is 2.36. The van der Waals surface area contributed by atoms with Crippen LogP contribution in [0.15, 0.2) is 36.4 Å². The molecule has 2 aromatic carbocycles. The van der Waals surface area contributed by atoms with Crippen molar-refractivity contribution in [3.05, 3.63) is 58.7 Å². The van der Waals surface area contributed by atoms with Gasteiger partial charge in [-0.15, -0.1) is 0 Å². The molecular formula is C19H19F6NO3. The zero-order valence-corrected chi connectivity index (χ0v) is 15.7. The molecule has 0 saturated carbocycles. The molecule has 0 aliphatic rings. The summed E-state index contributed by atoms with van der Waals surface area (Å²) in [6.45, 7) is 1.93. The van der Waals surface area contributed by atoms with Gasteiger partial charge in [-0.05, 0) is 42.8 Å². The van der Waals surface area contributed by atoms with E-state index in [-0.39, 0.29) is 18.4 Å². The summed E-state index contributed by atoms with van der Waals surface area (Å²) in [4.78, 5) is 10.2. The number of hydrogen-bond acceptors (Lipinski definition) is 4. The van der Waals surface area contributed by atoms with Crippen molar-refractivity contribution in [1.82, 2.24) is 0 Å². The van der Waals surface area contributed by atoms with Crippen LogP contribution in [0.3, 0.4) is 0 Å². The SMILES string of the molecule is COc1ccc(C(C)N)cc1OC.O=Cc1cc(C(F)(F)F)cc(C(F)(F)F)c1. The van der Waals surface area contributed by atoms with Crippen LogP contribution in [0.5, 0.6) is 11.5 Å². The predicted octanol–water partition coefficient (Wildman–Crippen LogP) is 5.26. The van der Waals surface area contributed by atoms with Gasteiger partial charge in [0.05, 0.1) is 25.3 Å². The molecule has 0 heterocycles. The highest BCUT2D eigenvalue weighted by atomic mass is 19.4. The van der Waals surface area contributed by atoms with Gasteiger partial charge < -0.3 is 15.2 Å². The van der Waals surface area contributed by atoms with Gasteiger partial charge in [0.1, 0.15) is 6.29 Å². The highest BCUT2D eigenvalue weighted by molar-refractivity contribution is 5.75. The maximum Gasteiger partial charge on any atom is 0.416 e. The van der Waals surface area contributed by atoms with E-state index >= 15 is 0 Å². The molecule has 1 unspecified atom stereocenters. The Labute approximate surface area is 163 Å². The lowest BCUT2D eigenvalue weighted by Gasteiger charge is -2.12. The monoisotopic (exact) mass is 423 g/mol. The fraction of sp³-hybridized carbons (Fsp3) is 0.316. The van der Waals surface area contributed by atoms with Gasteiger partial charge in [0.15, 0.2) is 11.5 Å². The van der Waals surface area contributed by atoms with E-state index in [1.54, 1.807) is 14.2 Å². The average Bonchev–Trinajstić information content (AvgIpc) is 2.66. The number of ether oxygens (including phenoxy) is 2. The number of methoxy groups -OCH3 is 2. The minimum atomic E-state index is -4.92. The number of rotatable bonds is 4. The third-order valence-corrected chi connectivity index (χ3v) is 3.68. The first kappa shape index (κ1) is 24.3. The molecule has 1 atom stereocenters. The summed E-state index contributed by atoms with van der Waals surface area (Å²) >= 11 is 0. The highest BCUT2D eigenvalue weighted by Gasteiger charge is 2.36. The van der Waals surface area contributed by atoms with Gasteiger partial charge in [-0.3, -0.25) is 4.79 Å². The maximum absolute atomic E-state index is 12.2. The van der Waals surface area contributed by atoms with E-state index in [4.69, 9.17) is 15.2 Å². The Morgan fingerprint density at radius 1 is 0.862 bits per heavy atom. The van der Waals surface area contributed by atoms with Gasteiger partial charge in [0.25, 0.3) is 0 Å². The Morgan fingerprint density at radius 2 is 1.34 bits per heavy atom. The lowest BCUT2D eigenvalue weighted by atomic mass is 10.1. The molecule has 2 N–H and O–H groups in total. The first-order chi connectivity index (χ1) is 13.3. The summed E-state index contributed by atoms with van der Waals surface area (Å²) in [5, 5.41) is 0. The van der Waals surface area contributed by atoms with Gasteiger partial charge in [0, 0.05) is 11.6 Å². The van der Waals surface area contributed by atoms with Crippen LogP contribution in [-0.4, -0.2) is 20.5 Å². The molecule has 160 valence electrons. The minimum Gasteiger partial charge on any atom is -0.493 e. The van der Waals surface area contributed by atoms with Crippen LogP contribution in [0.2, 0.25) is 0 Å². The molecule has 10 heteroatoms. The standard InChI is InChI=1S/C10H15NO2.C9H4F6O/c1-7(11)8-4-5-9(12-2)10(6-8)13-3;10-8(11,12)6-1-5(4-16)2-7(3-6)9(13,14)15/h4-7H,11H2,1-3H3;1-4H. The number of carbonyl (C=O) groups is 1. The smallest absolute Gasteiger partial charge is 0.416 e. The molecule has 4 nitrogen and oxygen atoms in total. The second-order valence-electron chi connectivity index (χ2n) is 5.86. The van der Waals surface area contributed by atoms with Crippen LogP contribution in [0.4, 0.5) is 26.3 Å². The topological polar surface area (TPSA) is 61.6 Å². The first-order valence-corrected chi connectivity index (χ1v) is 8.05. The van der Waals surface area contributed by atoms with E-state index in [0.29, 0.717) is 12.1 Å². The summed E-state index contributed by atoms with van der Waals surface area (Å²) in [5.74, 6) is 1.45. The maximum atomic E-state index is 12.2. The largest absolute Gasteiger partial charge is 0.493 e. The second-order valence-corrected chi connectivity index (χ2v) is 5.86. The third kappa shape index (κ3) is 6.97. The number of alkyl halides is 6. The number of carbonyl (C=O) groups excluding carboxylic acids is 1. The second kappa shape index (κ2) is 9.64. The number of aldehydes is 1. The quantitative estimate of drug-likeness (QED) is 0.538. The summed E-state index contributed by atoms with van der Waals surface area (Å²) in [5.41, 5.74) is 3.12. The normalized spacial score (nSPS) is 12.5. The zero-order valence-electron chi connectivity index (χ0n) is 15.7. The van der Waals surface area contributed by atoms with E-state index in [9.17, 15) is 31.1 Å². The van der Waals surface area contributed by atoms with Gasteiger partial charge >= 0.3 is 12.4 Å². The summed E-state index contributed by atoms with van der Waals surface area (Å²) < 4.78 is 83.4. The Bertz CT molecular complexity index is 799. The van der Waals surface area contributed by atoms with Crippen LogP contribution in [0.25, 0.3) is 0 Å². The van der Waals surface area contributed by atoms with Crippen molar-refractivity contribution < 1.29 is 40.6 Å². The van der Waals surface area contributed by atoms with Crippen LogP contribution in [0, 0.1) is 0 Å². The van der Waals surface area contributed by atoms with Crippen molar-refractivity contribution in [2.75, 3.05) is 14.2 Å². The number of halogens is 6. The van der Waals surface area contributed by atoms with Gasteiger partial charge in [0.2, 0.25) is 0 Å². The van der Waals surface area contributed by atoms with Crippen molar-refractivity contribution >= 4 is 6.29 Å². The Morgan fingerprint density at radius 3 is 1.69 bits per heavy atom. The molecule has 0 radical (unpaired) electrons. The van der Waals surface area contributed by atoms with Crippen molar-refractivity contribution in [3.8, 4) is 11.5 Å². The number of benzene rings is 2.